The monoisotopic (exact) mass is 360 g/mol. The van der Waals surface area contributed by atoms with Crippen LogP contribution in [0.4, 0.5) is 5.82 Å². The molecule has 0 radical (unpaired) electrons. The number of benzene rings is 1. The fraction of sp³-hybridized carbons (Fsp3) is 0.478. The van der Waals surface area contributed by atoms with Gasteiger partial charge >= 0.3 is 0 Å². The lowest BCUT2D eigenvalue weighted by Gasteiger charge is -2.37. The summed E-state index contributed by atoms with van der Waals surface area (Å²) in [6, 6.07) is 10.8. The Balaban J connectivity index is 1.68. The Morgan fingerprint density at radius 1 is 1.04 bits per heavy atom. The Hall–Kier alpha value is -2.36. The van der Waals surface area contributed by atoms with Gasteiger partial charge in [-0.25, -0.2) is 4.98 Å². The average molecular weight is 361 g/mol. The van der Waals surface area contributed by atoms with E-state index in [4.69, 9.17) is 10.1 Å². The summed E-state index contributed by atoms with van der Waals surface area (Å²) in [5.74, 6) is 2.76. The number of rotatable bonds is 2. The summed E-state index contributed by atoms with van der Waals surface area (Å²) in [5, 5.41) is 5.04. The van der Waals surface area contributed by atoms with Gasteiger partial charge in [-0.05, 0) is 50.5 Å². The topological polar surface area (TPSA) is 33.4 Å². The quantitative estimate of drug-likeness (QED) is 0.665. The van der Waals surface area contributed by atoms with E-state index in [1.807, 2.05) is 0 Å². The molecule has 27 heavy (non-hydrogen) atoms. The van der Waals surface area contributed by atoms with Gasteiger partial charge in [-0.2, -0.15) is 9.61 Å². The number of hydrogen-bond donors (Lipinski definition) is 0. The number of aromatic nitrogens is 3. The van der Waals surface area contributed by atoms with Gasteiger partial charge in [0.15, 0.2) is 5.65 Å². The van der Waals surface area contributed by atoms with Crippen LogP contribution in [0, 0.1) is 18.8 Å². The number of aryl methyl sites for hydroxylation is 2. The first kappa shape index (κ1) is 16.8. The second-order valence-electron chi connectivity index (χ2n) is 8.73. The first-order valence-corrected chi connectivity index (χ1v) is 10.3. The molecule has 3 aromatic rings. The molecule has 0 saturated carbocycles. The number of nitrogens with zero attached hydrogens (tertiary/aromatic N) is 4. The van der Waals surface area contributed by atoms with E-state index in [2.05, 4.69) is 60.5 Å². The number of piperidine rings is 1. The lowest BCUT2D eigenvalue weighted by atomic mass is 9.91. The van der Waals surface area contributed by atoms with Crippen LogP contribution in [0.15, 0.2) is 30.3 Å². The summed E-state index contributed by atoms with van der Waals surface area (Å²) < 4.78 is 2.13. The van der Waals surface area contributed by atoms with E-state index in [0.717, 1.165) is 49.1 Å². The molecule has 2 atom stereocenters. The van der Waals surface area contributed by atoms with Gasteiger partial charge in [0.25, 0.3) is 0 Å². The molecular formula is C23H28N4. The van der Waals surface area contributed by atoms with Gasteiger partial charge in [0, 0.05) is 36.0 Å². The fourth-order valence-electron chi connectivity index (χ4n) is 5.07. The zero-order valence-corrected chi connectivity index (χ0v) is 16.6. The van der Waals surface area contributed by atoms with Gasteiger partial charge in [0.1, 0.15) is 5.82 Å². The molecule has 0 spiro atoms. The van der Waals surface area contributed by atoms with Gasteiger partial charge in [0.05, 0.1) is 5.69 Å². The second kappa shape index (κ2) is 6.36. The standard InChI is InChI=1S/C23H28N4/c1-15-6-4-7-18(11-15)21-12-22-24-20-9-5-8-19(20)23(27(22)25-21)26-13-16(2)10-17(3)14-26/h4,6-7,11-12,16-17H,5,8-10,13-14H2,1-3H3/t16-,17+. The summed E-state index contributed by atoms with van der Waals surface area (Å²) >= 11 is 0. The Morgan fingerprint density at radius 2 is 1.85 bits per heavy atom. The van der Waals surface area contributed by atoms with E-state index in [-0.39, 0.29) is 0 Å². The molecule has 140 valence electrons. The van der Waals surface area contributed by atoms with Crippen molar-refractivity contribution < 1.29 is 0 Å². The van der Waals surface area contributed by atoms with Gasteiger partial charge in [0.2, 0.25) is 0 Å². The molecule has 0 bridgehead atoms. The lowest BCUT2D eigenvalue weighted by molar-refractivity contribution is 0.353. The Bertz CT molecular complexity index is 993. The zero-order valence-electron chi connectivity index (χ0n) is 16.6. The van der Waals surface area contributed by atoms with Crippen molar-refractivity contribution in [2.45, 2.75) is 46.5 Å². The smallest absolute Gasteiger partial charge is 0.158 e. The van der Waals surface area contributed by atoms with Gasteiger partial charge in [-0.1, -0.05) is 37.6 Å². The van der Waals surface area contributed by atoms with Crippen LogP contribution in [0.3, 0.4) is 0 Å². The van der Waals surface area contributed by atoms with Crippen molar-refractivity contribution in [2.75, 3.05) is 18.0 Å². The molecule has 1 fully saturated rings. The fourth-order valence-corrected chi connectivity index (χ4v) is 5.07. The minimum Gasteiger partial charge on any atom is -0.356 e. The van der Waals surface area contributed by atoms with Crippen LogP contribution < -0.4 is 4.90 Å². The van der Waals surface area contributed by atoms with Crippen LogP contribution >= 0.6 is 0 Å². The molecule has 0 N–H and O–H groups in total. The minimum atomic E-state index is 0.723. The van der Waals surface area contributed by atoms with Crippen molar-refractivity contribution in [2.24, 2.45) is 11.8 Å². The number of fused-ring (bicyclic) bond motifs is 2. The lowest BCUT2D eigenvalue weighted by Crippen LogP contribution is -2.40. The molecule has 1 saturated heterocycles. The van der Waals surface area contributed by atoms with E-state index in [1.54, 1.807) is 0 Å². The van der Waals surface area contributed by atoms with Crippen molar-refractivity contribution in [1.29, 1.82) is 0 Å². The molecule has 2 aliphatic rings. The molecule has 4 nitrogen and oxygen atoms in total. The Morgan fingerprint density at radius 3 is 2.63 bits per heavy atom. The van der Waals surface area contributed by atoms with Gasteiger partial charge in [-0.3, -0.25) is 0 Å². The maximum atomic E-state index is 5.04. The highest BCUT2D eigenvalue weighted by atomic mass is 15.4. The van der Waals surface area contributed by atoms with Crippen LogP contribution in [-0.2, 0) is 12.8 Å². The minimum absolute atomic E-state index is 0.723. The van der Waals surface area contributed by atoms with Gasteiger partial charge < -0.3 is 4.90 Å². The highest BCUT2D eigenvalue weighted by Crippen LogP contribution is 2.35. The van der Waals surface area contributed by atoms with Crippen LogP contribution in [-0.4, -0.2) is 27.7 Å². The SMILES string of the molecule is Cc1cccc(-c2cc3nc4c(c(N5C[C@H](C)C[C@H](C)C5)n3n2)CCC4)c1. The molecule has 4 heteroatoms. The normalized spacial score (nSPS) is 22.4. The van der Waals surface area contributed by atoms with E-state index in [9.17, 15) is 0 Å². The number of hydrogen-bond acceptors (Lipinski definition) is 3. The van der Waals surface area contributed by atoms with Crippen LogP contribution in [0.5, 0.6) is 0 Å². The summed E-state index contributed by atoms with van der Waals surface area (Å²) in [5.41, 5.74) is 7.18. The molecule has 1 aliphatic heterocycles. The maximum Gasteiger partial charge on any atom is 0.158 e. The van der Waals surface area contributed by atoms with Crippen LogP contribution in [0.1, 0.15) is 43.5 Å². The molecule has 1 aliphatic carbocycles. The highest BCUT2D eigenvalue weighted by Gasteiger charge is 2.29. The molecule has 0 amide bonds. The predicted molar refractivity (Wildman–Crippen MR) is 110 cm³/mol. The molecule has 2 aromatic heterocycles. The Labute approximate surface area is 161 Å². The number of anilines is 1. The van der Waals surface area contributed by atoms with Crippen LogP contribution in [0.25, 0.3) is 16.9 Å². The first-order valence-electron chi connectivity index (χ1n) is 10.3. The summed E-state index contributed by atoms with van der Waals surface area (Å²) in [4.78, 5) is 7.58. The molecule has 1 aromatic carbocycles. The highest BCUT2D eigenvalue weighted by molar-refractivity contribution is 5.68. The zero-order chi connectivity index (χ0) is 18.5. The predicted octanol–water partition coefficient (Wildman–Crippen LogP) is 4.68. The van der Waals surface area contributed by atoms with Crippen molar-refractivity contribution in [1.82, 2.24) is 14.6 Å². The van der Waals surface area contributed by atoms with E-state index < -0.39 is 0 Å². The third-order valence-corrected chi connectivity index (χ3v) is 6.08. The molecule has 0 unspecified atom stereocenters. The van der Waals surface area contributed by atoms with E-state index >= 15 is 0 Å². The largest absolute Gasteiger partial charge is 0.356 e. The summed E-state index contributed by atoms with van der Waals surface area (Å²) in [7, 11) is 0. The Kier molecular flexibility index (Phi) is 3.96. The van der Waals surface area contributed by atoms with Crippen LogP contribution in [0.2, 0.25) is 0 Å². The molecule has 3 heterocycles. The average Bonchev–Trinajstić information content (AvgIpc) is 3.24. The van der Waals surface area contributed by atoms with Gasteiger partial charge in [-0.15, -0.1) is 0 Å². The maximum absolute atomic E-state index is 5.04. The van der Waals surface area contributed by atoms with E-state index in [0.29, 0.717) is 0 Å². The summed E-state index contributed by atoms with van der Waals surface area (Å²) in [6.07, 6.45) is 4.77. The molecular weight excluding hydrogens is 332 g/mol. The van der Waals surface area contributed by atoms with Crippen molar-refractivity contribution in [3.05, 3.63) is 47.2 Å². The third kappa shape index (κ3) is 2.91. The third-order valence-electron chi connectivity index (χ3n) is 6.08. The molecule has 5 rings (SSSR count). The summed E-state index contributed by atoms with van der Waals surface area (Å²) in [6.45, 7) is 9.13. The van der Waals surface area contributed by atoms with E-state index in [1.165, 1.54) is 41.0 Å². The van der Waals surface area contributed by atoms with Crippen molar-refractivity contribution >= 4 is 11.5 Å². The van der Waals surface area contributed by atoms with Crippen molar-refractivity contribution in [3.63, 3.8) is 0 Å². The van der Waals surface area contributed by atoms with Crippen molar-refractivity contribution in [3.8, 4) is 11.3 Å². The second-order valence-corrected chi connectivity index (χ2v) is 8.73. The first-order chi connectivity index (χ1) is 13.1.